The minimum absolute atomic E-state index is 0.0186. The van der Waals surface area contributed by atoms with E-state index in [1.165, 1.54) is 41.0 Å². The summed E-state index contributed by atoms with van der Waals surface area (Å²) >= 11 is 6.23. The Morgan fingerprint density at radius 2 is 1.64 bits per heavy atom. The quantitative estimate of drug-likeness (QED) is 0.175. The van der Waals surface area contributed by atoms with Crippen LogP contribution in [0.4, 0.5) is 23.2 Å². The molecule has 7 rings (SSSR count). The van der Waals surface area contributed by atoms with Crippen molar-refractivity contribution in [3.8, 4) is 0 Å². The Hall–Kier alpha value is -4.56. The number of piperidine rings is 1. The first-order chi connectivity index (χ1) is 23.8. The molecule has 1 atom stereocenters. The second-order valence-electron chi connectivity index (χ2n) is 12.7. The second kappa shape index (κ2) is 12.6. The Morgan fingerprint density at radius 3 is 2.30 bits per heavy atom. The largest absolute Gasteiger partial charge is 0.418 e. The van der Waals surface area contributed by atoms with Gasteiger partial charge in [0.25, 0.3) is 21.8 Å². The zero-order valence-electron chi connectivity index (χ0n) is 26.3. The fourth-order valence-electron chi connectivity index (χ4n) is 7.35. The summed E-state index contributed by atoms with van der Waals surface area (Å²) in [6.45, 7) is 0.0292. The van der Waals surface area contributed by atoms with E-state index < -0.39 is 51.5 Å². The van der Waals surface area contributed by atoms with Gasteiger partial charge < -0.3 is 10.2 Å². The maximum atomic E-state index is 14.4. The van der Waals surface area contributed by atoms with Gasteiger partial charge >= 0.3 is 6.18 Å². The van der Waals surface area contributed by atoms with Crippen LogP contribution in [0.2, 0.25) is 5.15 Å². The molecule has 1 unspecified atom stereocenters. The molecular formula is C35H30ClF4N5O4S. The third-order valence-corrected chi connectivity index (χ3v) is 11.9. The molecule has 0 radical (unpaired) electrons. The molecule has 4 heterocycles. The average molecular weight is 728 g/mol. The lowest BCUT2D eigenvalue weighted by molar-refractivity contribution is -0.138. The van der Waals surface area contributed by atoms with Crippen LogP contribution in [0.1, 0.15) is 63.2 Å². The minimum atomic E-state index is -4.66. The Kier molecular flexibility index (Phi) is 8.58. The van der Waals surface area contributed by atoms with Gasteiger partial charge in [-0.1, -0.05) is 11.6 Å². The Labute approximate surface area is 290 Å². The van der Waals surface area contributed by atoms with E-state index in [0.717, 1.165) is 31.0 Å². The summed E-state index contributed by atoms with van der Waals surface area (Å²) in [5, 5.41) is 2.60. The number of pyridine rings is 2. The second-order valence-corrected chi connectivity index (χ2v) is 14.9. The van der Waals surface area contributed by atoms with Crippen LogP contribution in [-0.4, -0.2) is 54.2 Å². The van der Waals surface area contributed by atoms with E-state index in [1.807, 2.05) is 0 Å². The predicted molar refractivity (Wildman–Crippen MR) is 175 cm³/mol. The van der Waals surface area contributed by atoms with Crippen LogP contribution in [0, 0.1) is 11.7 Å². The Bertz CT molecular complexity index is 2090. The molecular weight excluding hydrogens is 698 g/mol. The summed E-state index contributed by atoms with van der Waals surface area (Å²) in [6.07, 6.45) is 0.275. The van der Waals surface area contributed by atoms with E-state index >= 15 is 0 Å². The zero-order valence-corrected chi connectivity index (χ0v) is 27.9. The summed E-state index contributed by atoms with van der Waals surface area (Å²) < 4.78 is 84.8. The highest BCUT2D eigenvalue weighted by Gasteiger charge is 2.60. The highest BCUT2D eigenvalue weighted by atomic mass is 35.5. The van der Waals surface area contributed by atoms with Crippen LogP contribution in [-0.2, 0) is 28.2 Å². The van der Waals surface area contributed by atoms with Crippen molar-refractivity contribution in [3.05, 3.63) is 118 Å². The SMILES string of the molecule is O=C(NCc1ncccc1C(F)(F)F)c1ccc2c(c1)C1(CCN(C(=O)c3cccnc3Cl)CC1)C(C1CC1)N2S(=O)(=O)c1ccc(F)cc1. The molecule has 1 aliphatic carbocycles. The normalized spacial score (nSPS) is 18.6. The fourth-order valence-corrected chi connectivity index (χ4v) is 9.35. The van der Waals surface area contributed by atoms with Crippen molar-refractivity contribution in [2.75, 3.05) is 17.4 Å². The van der Waals surface area contributed by atoms with E-state index in [0.29, 0.717) is 24.1 Å². The van der Waals surface area contributed by atoms with E-state index in [1.54, 1.807) is 29.2 Å². The van der Waals surface area contributed by atoms with Gasteiger partial charge in [-0.05, 0) is 104 Å². The molecule has 260 valence electrons. The van der Waals surface area contributed by atoms with Gasteiger partial charge in [-0.2, -0.15) is 13.2 Å². The molecule has 0 bridgehead atoms. The monoisotopic (exact) mass is 727 g/mol. The third kappa shape index (κ3) is 5.97. The minimum Gasteiger partial charge on any atom is -0.346 e. The van der Waals surface area contributed by atoms with E-state index in [-0.39, 0.29) is 51.8 Å². The number of anilines is 1. The number of sulfonamides is 1. The molecule has 2 amide bonds. The molecule has 1 saturated carbocycles. The van der Waals surface area contributed by atoms with Crippen LogP contribution in [0.15, 0.2) is 84.0 Å². The van der Waals surface area contributed by atoms with Gasteiger partial charge in [-0.25, -0.2) is 17.8 Å². The first-order valence-electron chi connectivity index (χ1n) is 15.9. The number of amides is 2. The Morgan fingerprint density at radius 1 is 0.960 bits per heavy atom. The van der Waals surface area contributed by atoms with Crippen molar-refractivity contribution in [1.29, 1.82) is 0 Å². The highest BCUT2D eigenvalue weighted by molar-refractivity contribution is 7.93. The van der Waals surface area contributed by atoms with Gasteiger partial charge in [-0.3, -0.25) is 18.9 Å². The first-order valence-corrected chi connectivity index (χ1v) is 17.8. The summed E-state index contributed by atoms with van der Waals surface area (Å²) in [7, 11) is -4.23. The van der Waals surface area contributed by atoms with Gasteiger partial charge in [0.15, 0.2) is 0 Å². The van der Waals surface area contributed by atoms with Gasteiger partial charge in [0, 0.05) is 36.5 Å². The number of nitrogens with zero attached hydrogens (tertiary/aromatic N) is 4. The van der Waals surface area contributed by atoms with Crippen molar-refractivity contribution in [1.82, 2.24) is 20.2 Å². The standard InChI is InChI=1S/C35H30ClF4N5O4S/c36-31-25(3-1-16-42-31)33(47)44-17-13-34(14-18-44)27-19-22(32(46)43-20-28-26(35(38,39)40)4-2-15-41-28)7-12-29(27)45(30(34)21-5-6-21)50(48,49)24-10-8-23(37)9-11-24/h1-4,7-12,15-16,19,21,30H,5-6,13-14,17-18,20H2,(H,43,46). The van der Waals surface area contributed by atoms with E-state index in [9.17, 15) is 35.6 Å². The number of likely N-dealkylation sites (tertiary alicyclic amines) is 1. The predicted octanol–water partition coefficient (Wildman–Crippen LogP) is 6.38. The summed E-state index contributed by atoms with van der Waals surface area (Å²) in [6, 6.07) is 13.9. The lowest BCUT2D eigenvalue weighted by Crippen LogP contribution is -2.54. The van der Waals surface area contributed by atoms with Gasteiger partial charge in [-0.15, -0.1) is 0 Å². The van der Waals surface area contributed by atoms with E-state index in [4.69, 9.17) is 11.6 Å². The lowest BCUT2D eigenvalue weighted by Gasteiger charge is -2.45. The molecule has 2 aliphatic heterocycles. The summed E-state index contributed by atoms with van der Waals surface area (Å²) in [5.41, 5.74) is -0.798. The van der Waals surface area contributed by atoms with Crippen molar-refractivity contribution < 1.29 is 35.6 Å². The molecule has 2 aromatic heterocycles. The molecule has 2 aromatic carbocycles. The van der Waals surface area contributed by atoms with Crippen LogP contribution in [0.25, 0.3) is 0 Å². The molecule has 15 heteroatoms. The maximum Gasteiger partial charge on any atom is 0.418 e. The fraction of sp³-hybridized carbons (Fsp3) is 0.314. The number of carbonyl (C=O) groups is 2. The number of hydrogen-bond acceptors (Lipinski definition) is 6. The number of alkyl halides is 3. The number of fused-ring (bicyclic) bond motifs is 2. The lowest BCUT2D eigenvalue weighted by atomic mass is 9.68. The van der Waals surface area contributed by atoms with Crippen LogP contribution < -0.4 is 9.62 Å². The number of aromatic nitrogens is 2. The highest BCUT2D eigenvalue weighted by Crippen LogP contribution is 2.59. The van der Waals surface area contributed by atoms with Crippen molar-refractivity contribution in [2.24, 2.45) is 5.92 Å². The third-order valence-electron chi connectivity index (χ3n) is 9.83. The summed E-state index contributed by atoms with van der Waals surface area (Å²) in [5.74, 6) is -1.58. The zero-order chi connectivity index (χ0) is 35.4. The first kappa shape index (κ1) is 33.9. The molecule has 3 aliphatic rings. The van der Waals surface area contributed by atoms with Crippen LogP contribution in [0.3, 0.4) is 0 Å². The van der Waals surface area contributed by atoms with Crippen LogP contribution in [0.5, 0.6) is 0 Å². The van der Waals surface area contributed by atoms with E-state index in [2.05, 4.69) is 15.3 Å². The number of rotatable bonds is 7. The molecule has 1 N–H and O–H groups in total. The topological polar surface area (TPSA) is 113 Å². The summed E-state index contributed by atoms with van der Waals surface area (Å²) in [4.78, 5) is 36.4. The number of carbonyl (C=O) groups excluding carboxylic acids is 2. The number of hydrogen-bond donors (Lipinski definition) is 1. The van der Waals surface area contributed by atoms with Crippen molar-refractivity contribution in [3.63, 3.8) is 0 Å². The maximum absolute atomic E-state index is 14.4. The molecule has 1 saturated heterocycles. The smallest absolute Gasteiger partial charge is 0.346 e. The van der Waals surface area contributed by atoms with Crippen LogP contribution >= 0.6 is 11.6 Å². The molecule has 50 heavy (non-hydrogen) atoms. The molecule has 4 aromatic rings. The molecule has 2 fully saturated rings. The molecule has 1 spiro atoms. The average Bonchev–Trinajstić information content (AvgIpc) is 3.90. The molecule has 9 nitrogen and oxygen atoms in total. The van der Waals surface area contributed by atoms with Crippen molar-refractivity contribution in [2.45, 2.75) is 54.8 Å². The number of benzene rings is 2. The Balaban J connectivity index is 1.26. The number of nitrogens with one attached hydrogen (secondary N) is 1. The van der Waals surface area contributed by atoms with Gasteiger partial charge in [0.05, 0.1) is 40.0 Å². The van der Waals surface area contributed by atoms with Gasteiger partial charge in [0.2, 0.25) is 0 Å². The van der Waals surface area contributed by atoms with Crippen molar-refractivity contribution >= 4 is 39.1 Å². The number of halogens is 5. The van der Waals surface area contributed by atoms with Gasteiger partial charge in [0.1, 0.15) is 11.0 Å².